The molecule has 0 atom stereocenters. The number of allylic oxidation sites excluding steroid dienone is 2. The van der Waals surface area contributed by atoms with Crippen LogP contribution in [0.25, 0.3) is 28.4 Å². The number of hydrogen-bond donors (Lipinski definition) is 0. The molecule has 3 heteroatoms. The summed E-state index contributed by atoms with van der Waals surface area (Å²) in [7, 11) is 0. The van der Waals surface area contributed by atoms with E-state index in [2.05, 4.69) is 126 Å². The molecule has 0 saturated carbocycles. The van der Waals surface area contributed by atoms with Crippen LogP contribution in [0.2, 0.25) is 0 Å². The standard InChI is InChI=1S/C35H27BN2/c1-35(2)26-16-8-6-15-25(26)33-34(35)36-27-17-9-11-19-29(27)38-28-18-10-7-14-23(28)24-20-21-30(31(36)32(24)38)37(33)22-12-4-3-5-13-22/h3-6,8-13,15-21H,7,14H2,1-2H3. The first-order chi connectivity index (χ1) is 18.7. The van der Waals surface area contributed by atoms with Gasteiger partial charge in [0.05, 0.1) is 5.52 Å². The Morgan fingerprint density at radius 2 is 1.58 bits per heavy atom. The lowest BCUT2D eigenvalue weighted by atomic mass is 9.30. The van der Waals surface area contributed by atoms with Crippen LogP contribution in [0.4, 0.5) is 11.4 Å². The topological polar surface area (TPSA) is 8.17 Å². The molecule has 9 rings (SSSR count). The van der Waals surface area contributed by atoms with Crippen LogP contribution in [-0.2, 0) is 11.8 Å². The van der Waals surface area contributed by atoms with Crippen LogP contribution >= 0.6 is 0 Å². The molecule has 4 aromatic carbocycles. The lowest BCUT2D eigenvalue weighted by molar-refractivity contribution is 0.666. The van der Waals surface area contributed by atoms with Gasteiger partial charge in [-0.3, -0.25) is 0 Å². The van der Waals surface area contributed by atoms with Gasteiger partial charge in [-0.15, -0.1) is 0 Å². The first-order valence-corrected chi connectivity index (χ1v) is 13.8. The molecule has 2 nitrogen and oxygen atoms in total. The predicted octanol–water partition coefficient (Wildman–Crippen LogP) is 6.91. The molecular weight excluding hydrogens is 459 g/mol. The van der Waals surface area contributed by atoms with Crippen molar-refractivity contribution in [1.29, 1.82) is 0 Å². The molecule has 5 aromatic rings. The molecule has 3 heterocycles. The van der Waals surface area contributed by atoms with Gasteiger partial charge in [0.2, 0.25) is 6.71 Å². The highest BCUT2D eigenvalue weighted by Gasteiger charge is 2.52. The second kappa shape index (κ2) is 6.99. The van der Waals surface area contributed by atoms with E-state index in [1.807, 2.05) is 0 Å². The van der Waals surface area contributed by atoms with Crippen LogP contribution in [0.1, 0.15) is 42.7 Å². The molecule has 0 fully saturated rings. The number of aryl methyl sites for hydroxylation is 1. The van der Waals surface area contributed by atoms with Crippen molar-refractivity contribution in [2.75, 3.05) is 4.90 Å². The van der Waals surface area contributed by atoms with Gasteiger partial charge in [-0.1, -0.05) is 92.1 Å². The van der Waals surface area contributed by atoms with Crippen molar-refractivity contribution in [1.82, 2.24) is 4.57 Å². The van der Waals surface area contributed by atoms with E-state index in [-0.39, 0.29) is 12.1 Å². The van der Waals surface area contributed by atoms with Gasteiger partial charge in [0, 0.05) is 44.8 Å². The Morgan fingerprint density at radius 1 is 0.789 bits per heavy atom. The Kier molecular flexibility index (Phi) is 3.82. The van der Waals surface area contributed by atoms with Crippen LogP contribution in [-0.4, -0.2) is 11.3 Å². The zero-order valence-corrected chi connectivity index (χ0v) is 21.7. The third kappa shape index (κ3) is 2.32. The van der Waals surface area contributed by atoms with E-state index in [1.165, 1.54) is 72.4 Å². The van der Waals surface area contributed by atoms with Crippen LogP contribution < -0.4 is 15.8 Å². The fraction of sp³-hybridized carbons (Fsp3) is 0.143. The van der Waals surface area contributed by atoms with Crippen LogP contribution in [0.3, 0.4) is 0 Å². The van der Waals surface area contributed by atoms with Crippen LogP contribution in [0, 0.1) is 0 Å². The lowest BCUT2D eigenvalue weighted by Crippen LogP contribution is -2.56. The van der Waals surface area contributed by atoms with Gasteiger partial charge in [-0.05, 0) is 65.2 Å². The van der Waals surface area contributed by atoms with Gasteiger partial charge >= 0.3 is 0 Å². The average molecular weight is 486 g/mol. The van der Waals surface area contributed by atoms with Crippen molar-refractivity contribution >= 4 is 51.7 Å². The maximum Gasteiger partial charge on any atom is 0.248 e. The molecule has 0 bridgehead atoms. The summed E-state index contributed by atoms with van der Waals surface area (Å²) in [6.45, 7) is 5.09. The molecule has 0 saturated heterocycles. The largest absolute Gasteiger partial charge is 0.311 e. The van der Waals surface area contributed by atoms with Gasteiger partial charge < -0.3 is 9.47 Å². The second-order valence-corrected chi connectivity index (χ2v) is 11.6. The molecule has 4 aliphatic rings. The maximum atomic E-state index is 2.58. The first kappa shape index (κ1) is 20.8. The van der Waals surface area contributed by atoms with Gasteiger partial charge in [0.1, 0.15) is 0 Å². The van der Waals surface area contributed by atoms with Crippen LogP contribution in [0.5, 0.6) is 0 Å². The van der Waals surface area contributed by atoms with E-state index >= 15 is 0 Å². The molecule has 0 amide bonds. The summed E-state index contributed by atoms with van der Waals surface area (Å²) in [4.78, 5) is 2.56. The van der Waals surface area contributed by atoms with E-state index in [0.29, 0.717) is 0 Å². The SMILES string of the molecule is CC1(C)C2=C(c3ccccc31)N(c1ccccc1)c1ccc3c4c(n5c3c1B2c1ccccc1-5)C=CCC4. The summed E-state index contributed by atoms with van der Waals surface area (Å²) in [5.41, 5.74) is 16.6. The normalized spacial score (nSPS) is 17.4. The minimum Gasteiger partial charge on any atom is -0.311 e. The number of fused-ring (bicyclic) bond motifs is 9. The molecule has 2 aliphatic heterocycles. The summed E-state index contributed by atoms with van der Waals surface area (Å²) in [5.74, 6) is 0. The zero-order chi connectivity index (χ0) is 25.2. The number of para-hydroxylation sites is 2. The maximum absolute atomic E-state index is 2.58. The molecule has 0 N–H and O–H groups in total. The summed E-state index contributed by atoms with van der Waals surface area (Å²) >= 11 is 0. The predicted molar refractivity (Wildman–Crippen MR) is 161 cm³/mol. The van der Waals surface area contributed by atoms with E-state index in [0.717, 1.165) is 12.8 Å². The van der Waals surface area contributed by atoms with Crippen molar-refractivity contribution in [3.05, 3.63) is 125 Å². The second-order valence-electron chi connectivity index (χ2n) is 11.6. The van der Waals surface area contributed by atoms with Crippen molar-refractivity contribution < 1.29 is 0 Å². The van der Waals surface area contributed by atoms with Crippen molar-refractivity contribution in [3.8, 4) is 5.69 Å². The third-order valence-electron chi connectivity index (χ3n) is 9.46. The van der Waals surface area contributed by atoms with Gasteiger partial charge in [0.25, 0.3) is 0 Å². The quantitative estimate of drug-likeness (QED) is 0.234. The van der Waals surface area contributed by atoms with E-state index in [1.54, 1.807) is 0 Å². The Balaban J connectivity index is 1.50. The third-order valence-corrected chi connectivity index (χ3v) is 9.46. The molecule has 180 valence electrons. The Labute approximate surface area is 223 Å². The molecule has 0 spiro atoms. The van der Waals surface area contributed by atoms with Crippen LogP contribution in [0.15, 0.2) is 103 Å². The average Bonchev–Trinajstić information content (AvgIpc) is 3.42. The minimum absolute atomic E-state index is 0.0924. The monoisotopic (exact) mass is 486 g/mol. The fourth-order valence-corrected chi connectivity index (χ4v) is 7.98. The number of nitrogens with zero attached hydrogens (tertiary/aromatic N) is 2. The Bertz CT molecular complexity index is 1900. The van der Waals surface area contributed by atoms with E-state index < -0.39 is 0 Å². The zero-order valence-electron chi connectivity index (χ0n) is 21.7. The van der Waals surface area contributed by atoms with Crippen molar-refractivity contribution in [2.24, 2.45) is 0 Å². The lowest BCUT2D eigenvalue weighted by Gasteiger charge is -2.42. The highest BCUT2D eigenvalue weighted by Crippen LogP contribution is 2.54. The number of rotatable bonds is 1. The Morgan fingerprint density at radius 3 is 2.47 bits per heavy atom. The van der Waals surface area contributed by atoms with Gasteiger partial charge in [-0.2, -0.15) is 0 Å². The summed E-state index contributed by atoms with van der Waals surface area (Å²) in [6, 6.07) is 34.0. The summed E-state index contributed by atoms with van der Waals surface area (Å²) < 4.78 is 2.58. The molecular formula is C35H27BN2. The van der Waals surface area contributed by atoms with Crippen molar-refractivity contribution in [3.63, 3.8) is 0 Å². The number of anilines is 2. The fourth-order valence-electron chi connectivity index (χ4n) is 7.98. The summed E-state index contributed by atoms with van der Waals surface area (Å²) in [6.07, 6.45) is 6.93. The minimum atomic E-state index is -0.0924. The highest BCUT2D eigenvalue weighted by atomic mass is 15.2. The first-order valence-electron chi connectivity index (χ1n) is 13.8. The molecule has 1 aromatic heterocycles. The Hall–Kier alpha value is -4.24. The number of hydrogen-bond acceptors (Lipinski definition) is 1. The number of benzene rings is 4. The van der Waals surface area contributed by atoms with Crippen molar-refractivity contribution in [2.45, 2.75) is 32.1 Å². The van der Waals surface area contributed by atoms with Gasteiger partial charge in [0.15, 0.2) is 0 Å². The summed E-state index contributed by atoms with van der Waals surface area (Å²) in [5, 5.41) is 1.42. The highest BCUT2D eigenvalue weighted by molar-refractivity contribution is 6.96. The van der Waals surface area contributed by atoms with E-state index in [4.69, 9.17) is 0 Å². The molecule has 2 aliphatic carbocycles. The molecule has 0 radical (unpaired) electrons. The van der Waals surface area contributed by atoms with E-state index in [9.17, 15) is 0 Å². The molecule has 0 unspecified atom stereocenters. The van der Waals surface area contributed by atoms with Gasteiger partial charge in [-0.25, -0.2) is 0 Å². The number of aromatic nitrogens is 1. The molecule has 38 heavy (non-hydrogen) atoms. The smallest absolute Gasteiger partial charge is 0.248 e.